The molecule has 1 N–H and O–H groups in total. The van der Waals surface area contributed by atoms with Crippen molar-refractivity contribution in [2.75, 3.05) is 7.11 Å². The van der Waals surface area contributed by atoms with Gasteiger partial charge in [-0.15, -0.1) is 13.2 Å². The number of pyridine rings is 1. The van der Waals surface area contributed by atoms with Gasteiger partial charge in [-0.2, -0.15) is 0 Å². The van der Waals surface area contributed by atoms with Crippen LogP contribution in [0.2, 0.25) is 0 Å². The molecule has 0 aliphatic carbocycles. The molecule has 18 heavy (non-hydrogen) atoms. The first kappa shape index (κ1) is 14.1. The highest BCUT2D eigenvalue weighted by Crippen LogP contribution is 2.21. The fourth-order valence-corrected chi connectivity index (χ4v) is 1.30. The molecule has 1 aromatic heterocycles. The number of alkyl halides is 3. The summed E-state index contributed by atoms with van der Waals surface area (Å²) in [5.74, 6) is -1.38. The molecular weight excluding hydrogens is 255 g/mol. The molecule has 0 aliphatic heterocycles. The predicted octanol–water partition coefficient (Wildman–Crippen LogP) is 1.30. The first-order valence-corrected chi connectivity index (χ1v) is 4.78. The van der Waals surface area contributed by atoms with Gasteiger partial charge in [0, 0.05) is 11.6 Å². The first-order chi connectivity index (χ1) is 8.23. The third-order valence-electron chi connectivity index (χ3n) is 2.11. The van der Waals surface area contributed by atoms with Gasteiger partial charge in [-0.1, -0.05) is 0 Å². The molecule has 100 valence electrons. The van der Waals surface area contributed by atoms with E-state index in [2.05, 4.69) is 9.47 Å². The van der Waals surface area contributed by atoms with Crippen LogP contribution in [0, 0.1) is 6.92 Å². The third-order valence-corrected chi connectivity index (χ3v) is 2.11. The molecule has 0 saturated carbocycles. The Morgan fingerprint density at radius 3 is 2.50 bits per heavy atom. The molecule has 0 unspecified atom stereocenters. The number of esters is 1. The normalized spacial score (nSPS) is 11.2. The fraction of sp³-hybridized carbons (Fsp3) is 0.400. The van der Waals surface area contributed by atoms with Crippen LogP contribution in [0.4, 0.5) is 13.2 Å². The number of halogens is 3. The second-order valence-electron chi connectivity index (χ2n) is 3.42. The monoisotopic (exact) mass is 265 g/mol. The van der Waals surface area contributed by atoms with Crippen LogP contribution >= 0.6 is 0 Å². The zero-order chi connectivity index (χ0) is 13.9. The van der Waals surface area contributed by atoms with E-state index in [1.54, 1.807) is 0 Å². The lowest BCUT2D eigenvalue weighted by Crippen LogP contribution is -2.23. The molecule has 0 atom stereocenters. The van der Waals surface area contributed by atoms with E-state index in [-0.39, 0.29) is 17.5 Å². The number of carbonyl (C=O) groups is 1. The molecule has 1 heterocycles. The maximum absolute atomic E-state index is 12.0. The van der Waals surface area contributed by atoms with Gasteiger partial charge in [0.25, 0.3) is 5.56 Å². The van der Waals surface area contributed by atoms with Gasteiger partial charge in [0.15, 0.2) is 0 Å². The number of ether oxygens (including phenoxy) is 2. The smallest absolute Gasteiger partial charge is 0.469 e. The maximum atomic E-state index is 12.0. The minimum atomic E-state index is -4.89. The van der Waals surface area contributed by atoms with Crippen molar-refractivity contribution in [3.63, 3.8) is 0 Å². The van der Waals surface area contributed by atoms with E-state index in [4.69, 9.17) is 0 Å². The second-order valence-corrected chi connectivity index (χ2v) is 3.42. The number of hydrogen-bond donors (Lipinski definition) is 1. The fourth-order valence-electron chi connectivity index (χ4n) is 1.30. The molecule has 0 aliphatic rings. The lowest BCUT2D eigenvalue weighted by Gasteiger charge is -2.10. The van der Waals surface area contributed by atoms with Crippen LogP contribution in [0.25, 0.3) is 0 Å². The van der Waals surface area contributed by atoms with Gasteiger partial charge in [0.05, 0.1) is 13.5 Å². The van der Waals surface area contributed by atoms with E-state index in [1.165, 1.54) is 6.92 Å². The number of nitrogens with one attached hydrogen (secondary N) is 1. The van der Waals surface area contributed by atoms with Crippen LogP contribution in [-0.4, -0.2) is 24.4 Å². The quantitative estimate of drug-likeness (QED) is 0.836. The molecule has 1 rings (SSSR count). The Balaban J connectivity index is 3.05. The molecule has 0 spiro atoms. The van der Waals surface area contributed by atoms with E-state index in [0.717, 1.165) is 13.2 Å². The Labute approximate surface area is 99.5 Å². The average Bonchev–Trinajstić information content (AvgIpc) is 2.20. The Morgan fingerprint density at radius 2 is 2.06 bits per heavy atom. The van der Waals surface area contributed by atoms with E-state index in [0.29, 0.717) is 0 Å². The molecule has 0 fully saturated rings. The van der Waals surface area contributed by atoms with E-state index < -0.39 is 23.8 Å². The van der Waals surface area contributed by atoms with Crippen LogP contribution in [0.3, 0.4) is 0 Å². The van der Waals surface area contributed by atoms with Crippen molar-refractivity contribution in [1.82, 2.24) is 4.98 Å². The van der Waals surface area contributed by atoms with Crippen molar-refractivity contribution < 1.29 is 27.4 Å². The molecule has 5 nitrogen and oxygen atoms in total. The zero-order valence-electron chi connectivity index (χ0n) is 9.55. The number of aromatic nitrogens is 1. The molecule has 0 radical (unpaired) electrons. The number of rotatable bonds is 3. The summed E-state index contributed by atoms with van der Waals surface area (Å²) in [4.78, 5) is 24.4. The standard InChI is InChI=1S/C10H10F3NO4/c1-5-3-7(18-10(11,12)13)14-9(16)6(5)4-8(15)17-2/h3H,4H2,1-2H3,(H,14,16). The Hall–Kier alpha value is -1.99. The average molecular weight is 265 g/mol. The maximum Gasteiger partial charge on any atom is 0.574 e. The molecular formula is C10H10F3NO4. The molecule has 0 amide bonds. The summed E-state index contributed by atoms with van der Waals surface area (Å²) < 4.78 is 43.8. The summed E-state index contributed by atoms with van der Waals surface area (Å²) in [7, 11) is 1.15. The minimum absolute atomic E-state index is 0.0383. The number of aryl methyl sites for hydroxylation is 1. The van der Waals surface area contributed by atoms with Gasteiger partial charge in [-0.05, 0) is 12.5 Å². The highest BCUT2D eigenvalue weighted by Gasteiger charge is 2.32. The molecule has 0 bridgehead atoms. The van der Waals surface area contributed by atoms with Crippen molar-refractivity contribution >= 4 is 5.97 Å². The van der Waals surface area contributed by atoms with Gasteiger partial charge in [0.2, 0.25) is 5.88 Å². The number of carbonyl (C=O) groups excluding carboxylic acids is 1. The Bertz CT molecular complexity index is 507. The van der Waals surface area contributed by atoms with Crippen molar-refractivity contribution in [3.8, 4) is 5.88 Å². The highest BCUT2D eigenvalue weighted by molar-refractivity contribution is 5.72. The topological polar surface area (TPSA) is 68.4 Å². The summed E-state index contributed by atoms with van der Waals surface area (Å²) in [5.41, 5.74) is -0.570. The SMILES string of the molecule is COC(=O)Cc1c(C)cc(OC(F)(F)F)[nH]c1=O. The van der Waals surface area contributed by atoms with E-state index in [9.17, 15) is 22.8 Å². The lowest BCUT2D eigenvalue weighted by molar-refractivity contribution is -0.276. The van der Waals surface area contributed by atoms with Crippen LogP contribution in [-0.2, 0) is 16.0 Å². The summed E-state index contributed by atoms with van der Waals surface area (Å²) in [6.45, 7) is 1.40. The van der Waals surface area contributed by atoms with Crippen molar-refractivity contribution in [2.45, 2.75) is 19.7 Å². The summed E-state index contributed by atoms with van der Waals surface area (Å²) in [5, 5.41) is 0. The Morgan fingerprint density at radius 1 is 1.44 bits per heavy atom. The number of hydrogen-bond acceptors (Lipinski definition) is 4. The van der Waals surface area contributed by atoms with Gasteiger partial charge in [-0.25, -0.2) is 0 Å². The van der Waals surface area contributed by atoms with Gasteiger partial charge in [0.1, 0.15) is 0 Å². The van der Waals surface area contributed by atoms with Crippen LogP contribution in [0.1, 0.15) is 11.1 Å². The largest absolute Gasteiger partial charge is 0.574 e. The second kappa shape index (κ2) is 5.11. The van der Waals surface area contributed by atoms with E-state index >= 15 is 0 Å². The minimum Gasteiger partial charge on any atom is -0.469 e. The van der Waals surface area contributed by atoms with Gasteiger partial charge >= 0.3 is 12.3 Å². The number of aromatic amines is 1. The summed E-state index contributed by atoms with van der Waals surface area (Å²) in [6.07, 6.45) is -5.21. The molecule has 8 heteroatoms. The third kappa shape index (κ3) is 3.79. The molecule has 1 aromatic rings. The van der Waals surface area contributed by atoms with Crippen molar-refractivity contribution in [1.29, 1.82) is 0 Å². The first-order valence-electron chi connectivity index (χ1n) is 4.78. The summed E-state index contributed by atoms with van der Waals surface area (Å²) in [6, 6.07) is 0.993. The predicted molar refractivity (Wildman–Crippen MR) is 54.2 cm³/mol. The summed E-state index contributed by atoms with van der Waals surface area (Å²) >= 11 is 0. The van der Waals surface area contributed by atoms with Crippen molar-refractivity contribution in [3.05, 3.63) is 27.5 Å². The van der Waals surface area contributed by atoms with Crippen LogP contribution < -0.4 is 10.3 Å². The van der Waals surface area contributed by atoms with Crippen LogP contribution in [0.5, 0.6) is 5.88 Å². The van der Waals surface area contributed by atoms with Crippen LogP contribution in [0.15, 0.2) is 10.9 Å². The van der Waals surface area contributed by atoms with E-state index in [1.807, 2.05) is 4.98 Å². The zero-order valence-corrected chi connectivity index (χ0v) is 9.55. The highest BCUT2D eigenvalue weighted by atomic mass is 19.4. The molecule has 0 aromatic carbocycles. The van der Waals surface area contributed by atoms with Crippen molar-refractivity contribution in [2.24, 2.45) is 0 Å². The van der Waals surface area contributed by atoms with Gasteiger partial charge < -0.3 is 9.47 Å². The Kier molecular flexibility index (Phi) is 4.00. The number of methoxy groups -OCH3 is 1. The van der Waals surface area contributed by atoms with Gasteiger partial charge in [-0.3, -0.25) is 14.6 Å². The number of H-pyrrole nitrogens is 1. The lowest BCUT2D eigenvalue weighted by atomic mass is 10.1. The molecule has 0 saturated heterocycles.